The van der Waals surface area contributed by atoms with Crippen LogP contribution < -0.4 is 10.1 Å². The third-order valence-corrected chi connectivity index (χ3v) is 7.84. The topological polar surface area (TPSA) is 55.7 Å². The molecule has 186 valence electrons. The largest absolute Gasteiger partial charge is 0.491 e. The Morgan fingerprint density at radius 1 is 1.17 bits per heavy atom. The monoisotopic (exact) mass is 475 g/mol. The quantitative estimate of drug-likeness (QED) is 0.506. The number of hydrogen-bond acceptors (Lipinski definition) is 5. The lowest BCUT2D eigenvalue weighted by atomic mass is 9.81. The van der Waals surface area contributed by atoms with E-state index in [-0.39, 0.29) is 12.0 Å². The van der Waals surface area contributed by atoms with E-state index in [1.807, 2.05) is 19.2 Å². The Morgan fingerprint density at radius 3 is 2.74 bits per heavy atom. The Kier molecular flexibility index (Phi) is 7.12. The molecule has 1 saturated carbocycles. The molecule has 2 aliphatic rings. The minimum absolute atomic E-state index is 0.201. The van der Waals surface area contributed by atoms with Crippen molar-refractivity contribution in [1.29, 1.82) is 0 Å². The first-order valence-corrected chi connectivity index (χ1v) is 12.9. The highest BCUT2D eigenvalue weighted by molar-refractivity contribution is 5.99. The number of likely N-dealkylation sites (N-methyl/N-ethyl adjacent to an activating group) is 2. The van der Waals surface area contributed by atoms with Crippen molar-refractivity contribution in [1.82, 2.24) is 14.8 Å². The summed E-state index contributed by atoms with van der Waals surface area (Å²) in [6, 6.07) is 14.8. The number of para-hydroxylation sites is 1. The first-order chi connectivity index (χ1) is 17.1. The van der Waals surface area contributed by atoms with Gasteiger partial charge in [-0.15, -0.1) is 0 Å². The number of nitrogens with zero attached hydrogens (tertiary/aromatic N) is 2. The van der Waals surface area contributed by atoms with Gasteiger partial charge in [-0.1, -0.05) is 37.5 Å². The SMILES string of the molecule is CNCCN(C)[C@H]1COc2ccccc2-c2c(C3CCCCC3)c3ccc(C(=O)OC)cc3n2C1. The number of carbonyl (C=O) groups excluding carboxylic acids is 1. The molecule has 0 unspecified atom stereocenters. The van der Waals surface area contributed by atoms with Crippen LogP contribution in [0.5, 0.6) is 5.75 Å². The Bertz CT molecular complexity index is 1200. The zero-order chi connectivity index (χ0) is 24.4. The fourth-order valence-corrected chi connectivity index (χ4v) is 5.88. The third-order valence-electron chi connectivity index (χ3n) is 7.84. The maximum Gasteiger partial charge on any atom is 0.337 e. The molecule has 3 aromatic rings. The van der Waals surface area contributed by atoms with Crippen molar-refractivity contribution in [3.05, 3.63) is 53.6 Å². The summed E-state index contributed by atoms with van der Waals surface area (Å²) >= 11 is 0. The summed E-state index contributed by atoms with van der Waals surface area (Å²) in [6.07, 6.45) is 6.27. The van der Waals surface area contributed by atoms with Crippen molar-refractivity contribution in [3.63, 3.8) is 0 Å². The number of carbonyl (C=O) groups is 1. The Hall–Kier alpha value is -2.83. The number of hydrogen-bond donors (Lipinski definition) is 1. The molecule has 0 amide bonds. The second-order valence-corrected chi connectivity index (χ2v) is 9.98. The highest BCUT2D eigenvalue weighted by atomic mass is 16.5. The van der Waals surface area contributed by atoms with Crippen LogP contribution in [0.1, 0.15) is 53.9 Å². The number of esters is 1. The number of methoxy groups -OCH3 is 1. The Balaban J connectivity index is 1.75. The molecule has 0 spiro atoms. The molecule has 0 saturated heterocycles. The van der Waals surface area contributed by atoms with Gasteiger partial charge < -0.3 is 19.4 Å². The second-order valence-electron chi connectivity index (χ2n) is 9.98. The molecule has 1 aromatic heterocycles. The molecule has 1 aliphatic heterocycles. The number of rotatable bonds is 6. The molecule has 1 N–H and O–H groups in total. The van der Waals surface area contributed by atoms with Crippen molar-refractivity contribution in [2.45, 2.75) is 50.6 Å². The molecule has 0 radical (unpaired) electrons. The van der Waals surface area contributed by atoms with E-state index in [1.54, 1.807) is 0 Å². The van der Waals surface area contributed by atoms with Crippen LogP contribution in [-0.2, 0) is 11.3 Å². The van der Waals surface area contributed by atoms with E-state index in [2.05, 4.69) is 52.2 Å². The number of fused-ring (bicyclic) bond motifs is 5. The molecule has 6 nitrogen and oxygen atoms in total. The minimum Gasteiger partial charge on any atom is -0.491 e. The highest BCUT2D eigenvalue weighted by Crippen LogP contribution is 2.47. The predicted molar refractivity (Wildman–Crippen MR) is 140 cm³/mol. The second kappa shape index (κ2) is 10.4. The van der Waals surface area contributed by atoms with Gasteiger partial charge in [-0.2, -0.15) is 0 Å². The van der Waals surface area contributed by atoms with Crippen LogP contribution in [0.2, 0.25) is 0 Å². The van der Waals surface area contributed by atoms with Crippen molar-refractivity contribution in [3.8, 4) is 17.0 Å². The lowest BCUT2D eigenvalue weighted by Gasteiger charge is -2.32. The van der Waals surface area contributed by atoms with Gasteiger partial charge in [0.05, 0.1) is 24.4 Å². The van der Waals surface area contributed by atoms with Crippen molar-refractivity contribution in [2.75, 3.05) is 40.9 Å². The van der Waals surface area contributed by atoms with Gasteiger partial charge in [0.15, 0.2) is 0 Å². The van der Waals surface area contributed by atoms with E-state index >= 15 is 0 Å². The number of ether oxygens (including phenoxy) is 2. The van der Waals surface area contributed by atoms with Gasteiger partial charge >= 0.3 is 5.97 Å². The zero-order valence-corrected chi connectivity index (χ0v) is 21.2. The molecule has 35 heavy (non-hydrogen) atoms. The molecule has 1 atom stereocenters. The summed E-state index contributed by atoms with van der Waals surface area (Å²) in [4.78, 5) is 14.9. The van der Waals surface area contributed by atoms with Crippen LogP contribution in [0, 0.1) is 0 Å². The van der Waals surface area contributed by atoms with Gasteiger partial charge in [0.1, 0.15) is 12.4 Å². The summed E-state index contributed by atoms with van der Waals surface area (Å²) in [5, 5.41) is 4.52. The van der Waals surface area contributed by atoms with Gasteiger partial charge in [0.25, 0.3) is 0 Å². The van der Waals surface area contributed by atoms with E-state index in [0.29, 0.717) is 18.1 Å². The van der Waals surface area contributed by atoms with Gasteiger partial charge in [-0.3, -0.25) is 4.90 Å². The van der Waals surface area contributed by atoms with Gasteiger partial charge in [0.2, 0.25) is 0 Å². The van der Waals surface area contributed by atoms with Crippen LogP contribution in [0.4, 0.5) is 0 Å². The van der Waals surface area contributed by atoms with Crippen molar-refractivity contribution in [2.24, 2.45) is 0 Å². The first-order valence-electron chi connectivity index (χ1n) is 12.9. The van der Waals surface area contributed by atoms with E-state index in [1.165, 1.54) is 55.9 Å². The fourth-order valence-electron chi connectivity index (χ4n) is 5.88. The average molecular weight is 476 g/mol. The fraction of sp³-hybridized carbons (Fsp3) is 0.483. The molecule has 2 heterocycles. The van der Waals surface area contributed by atoms with E-state index in [4.69, 9.17) is 9.47 Å². The number of benzene rings is 2. The first kappa shape index (κ1) is 23.9. The molecule has 5 rings (SSSR count). The number of aromatic nitrogens is 1. The Morgan fingerprint density at radius 2 is 1.97 bits per heavy atom. The predicted octanol–water partition coefficient (Wildman–Crippen LogP) is 5.05. The number of nitrogens with one attached hydrogen (secondary N) is 1. The van der Waals surface area contributed by atoms with E-state index in [9.17, 15) is 4.79 Å². The molecule has 1 fully saturated rings. The molecular formula is C29H37N3O3. The van der Waals surface area contributed by atoms with Gasteiger partial charge in [-0.25, -0.2) is 4.79 Å². The van der Waals surface area contributed by atoms with Gasteiger partial charge in [-0.05, 0) is 62.7 Å². The van der Waals surface area contributed by atoms with Crippen LogP contribution in [0.25, 0.3) is 22.2 Å². The minimum atomic E-state index is -0.293. The lowest BCUT2D eigenvalue weighted by Crippen LogP contribution is -2.43. The smallest absolute Gasteiger partial charge is 0.337 e. The Labute approximate surface area is 208 Å². The molecule has 1 aliphatic carbocycles. The summed E-state index contributed by atoms with van der Waals surface area (Å²) < 4.78 is 14.0. The van der Waals surface area contributed by atoms with E-state index < -0.39 is 0 Å². The van der Waals surface area contributed by atoms with Crippen molar-refractivity contribution < 1.29 is 14.3 Å². The van der Waals surface area contributed by atoms with Crippen molar-refractivity contribution >= 4 is 16.9 Å². The maximum atomic E-state index is 12.5. The molecule has 0 bridgehead atoms. The van der Waals surface area contributed by atoms with Crippen LogP contribution in [0.3, 0.4) is 0 Å². The third kappa shape index (κ3) is 4.57. The summed E-state index contributed by atoms with van der Waals surface area (Å²) in [6.45, 7) is 3.27. The molecular weight excluding hydrogens is 438 g/mol. The standard InChI is InChI=1S/C29H37N3O3/c1-30-15-16-31(2)22-18-32-25-17-21(29(33)34-3)13-14-23(25)27(20-9-5-4-6-10-20)28(32)24-11-7-8-12-26(24)35-19-22/h7-8,11-14,17,20,22,30H,4-6,9-10,15-16,18-19H2,1-3H3/t22-/m1/s1. The van der Waals surface area contributed by atoms with Crippen LogP contribution >= 0.6 is 0 Å². The lowest BCUT2D eigenvalue weighted by molar-refractivity contribution is 0.0601. The molecule has 2 aromatic carbocycles. The summed E-state index contributed by atoms with van der Waals surface area (Å²) in [5.41, 5.74) is 5.55. The van der Waals surface area contributed by atoms with Crippen LogP contribution in [-0.4, -0.2) is 62.4 Å². The van der Waals surface area contributed by atoms with Crippen LogP contribution in [0.15, 0.2) is 42.5 Å². The average Bonchev–Trinajstić information content (AvgIpc) is 3.20. The highest BCUT2D eigenvalue weighted by Gasteiger charge is 2.31. The zero-order valence-electron chi connectivity index (χ0n) is 21.2. The van der Waals surface area contributed by atoms with E-state index in [0.717, 1.165) is 36.5 Å². The van der Waals surface area contributed by atoms with Gasteiger partial charge in [0, 0.05) is 36.1 Å². The maximum absolute atomic E-state index is 12.5. The molecule has 6 heteroatoms. The summed E-state index contributed by atoms with van der Waals surface area (Å²) in [7, 11) is 5.61. The normalized spacial score (nSPS) is 18.5. The summed E-state index contributed by atoms with van der Waals surface area (Å²) in [5.74, 6) is 1.16.